The Morgan fingerprint density at radius 3 is 2.91 bits per heavy atom. The molecule has 1 rings (SSSR count). The number of ether oxygens (including phenoxy) is 1. The Kier molecular flexibility index (Phi) is 2.88. The number of hydrogen-bond donors (Lipinski definition) is 0. The van der Waals surface area contributed by atoms with E-state index in [0.717, 1.165) is 13.0 Å². The molecule has 1 saturated heterocycles. The molecule has 1 aliphatic rings. The van der Waals surface area contributed by atoms with E-state index < -0.39 is 0 Å². The third-order valence-electron chi connectivity index (χ3n) is 2.10. The molecule has 1 amide bonds. The first-order valence-electron chi connectivity index (χ1n) is 4.10. The molecular formula is C8H15NO2. The molecule has 1 aliphatic heterocycles. The first-order valence-corrected chi connectivity index (χ1v) is 4.10. The largest absolute Gasteiger partial charge is 0.377 e. The predicted octanol–water partition coefficient (Wildman–Crippen LogP) is 0.644. The second-order valence-corrected chi connectivity index (χ2v) is 2.85. The van der Waals surface area contributed by atoms with Crippen molar-refractivity contribution >= 4 is 5.91 Å². The van der Waals surface area contributed by atoms with Gasteiger partial charge < -0.3 is 9.64 Å². The summed E-state index contributed by atoms with van der Waals surface area (Å²) in [4.78, 5) is 12.9. The summed E-state index contributed by atoms with van der Waals surface area (Å²) in [6.07, 6.45) is 0.986. The smallest absolute Gasteiger partial charge is 0.219 e. The molecule has 0 aromatic heterocycles. The van der Waals surface area contributed by atoms with Gasteiger partial charge in [0.15, 0.2) is 0 Å². The number of amides is 1. The summed E-state index contributed by atoms with van der Waals surface area (Å²) in [7, 11) is 0. The second kappa shape index (κ2) is 3.72. The molecule has 0 aromatic rings. The van der Waals surface area contributed by atoms with Gasteiger partial charge in [-0.1, -0.05) is 6.92 Å². The molecule has 0 aromatic carbocycles. The molecular weight excluding hydrogens is 142 g/mol. The Bertz CT molecular complexity index is 147. The molecule has 0 saturated carbocycles. The van der Waals surface area contributed by atoms with Crippen LogP contribution in [-0.2, 0) is 9.53 Å². The number of morpholine rings is 1. The van der Waals surface area contributed by atoms with Gasteiger partial charge in [-0.15, -0.1) is 0 Å². The molecule has 0 aliphatic carbocycles. The van der Waals surface area contributed by atoms with Gasteiger partial charge in [0, 0.05) is 13.5 Å². The van der Waals surface area contributed by atoms with Crippen molar-refractivity contribution < 1.29 is 9.53 Å². The van der Waals surface area contributed by atoms with Crippen LogP contribution < -0.4 is 0 Å². The molecule has 3 nitrogen and oxygen atoms in total. The summed E-state index contributed by atoms with van der Waals surface area (Å²) in [6.45, 7) is 5.85. The van der Waals surface area contributed by atoms with Gasteiger partial charge in [0.2, 0.25) is 5.91 Å². The van der Waals surface area contributed by atoms with E-state index in [4.69, 9.17) is 4.74 Å². The lowest BCUT2D eigenvalue weighted by atomic mass is 10.2. The Morgan fingerprint density at radius 1 is 1.73 bits per heavy atom. The van der Waals surface area contributed by atoms with E-state index in [1.807, 2.05) is 4.90 Å². The molecule has 1 heterocycles. The minimum atomic E-state index is 0.167. The standard InChI is InChI=1S/C8H15NO2/c1-3-8-6-11-5-4-9(8)7(2)10/h8H,3-6H2,1-2H3/t8-/m1/s1. The first-order chi connectivity index (χ1) is 5.25. The molecule has 11 heavy (non-hydrogen) atoms. The van der Waals surface area contributed by atoms with Crippen molar-refractivity contribution in [2.45, 2.75) is 26.3 Å². The van der Waals surface area contributed by atoms with Crippen LogP contribution in [0.4, 0.5) is 0 Å². The lowest BCUT2D eigenvalue weighted by molar-refractivity contribution is -0.137. The summed E-state index contributed by atoms with van der Waals surface area (Å²) < 4.78 is 5.26. The fraction of sp³-hybridized carbons (Fsp3) is 0.875. The van der Waals surface area contributed by atoms with Crippen molar-refractivity contribution in [1.82, 2.24) is 4.90 Å². The van der Waals surface area contributed by atoms with E-state index in [1.165, 1.54) is 0 Å². The van der Waals surface area contributed by atoms with E-state index >= 15 is 0 Å². The van der Waals surface area contributed by atoms with Crippen LogP contribution in [0, 0.1) is 0 Å². The van der Waals surface area contributed by atoms with E-state index in [2.05, 4.69) is 6.92 Å². The number of hydrogen-bond acceptors (Lipinski definition) is 2. The highest BCUT2D eigenvalue weighted by molar-refractivity contribution is 5.73. The molecule has 0 N–H and O–H groups in total. The highest BCUT2D eigenvalue weighted by Crippen LogP contribution is 2.09. The van der Waals surface area contributed by atoms with Gasteiger partial charge in [-0.3, -0.25) is 4.79 Å². The minimum Gasteiger partial charge on any atom is -0.377 e. The molecule has 0 spiro atoms. The van der Waals surface area contributed by atoms with Gasteiger partial charge in [-0.25, -0.2) is 0 Å². The zero-order valence-electron chi connectivity index (χ0n) is 7.17. The minimum absolute atomic E-state index is 0.167. The van der Waals surface area contributed by atoms with Crippen LogP contribution in [0.25, 0.3) is 0 Å². The molecule has 0 unspecified atom stereocenters. The van der Waals surface area contributed by atoms with E-state index in [0.29, 0.717) is 19.3 Å². The lowest BCUT2D eigenvalue weighted by Gasteiger charge is -2.34. The van der Waals surface area contributed by atoms with Crippen LogP contribution in [0.1, 0.15) is 20.3 Å². The van der Waals surface area contributed by atoms with Crippen molar-refractivity contribution in [1.29, 1.82) is 0 Å². The van der Waals surface area contributed by atoms with Gasteiger partial charge in [0.1, 0.15) is 0 Å². The van der Waals surface area contributed by atoms with Crippen molar-refractivity contribution in [2.24, 2.45) is 0 Å². The Morgan fingerprint density at radius 2 is 2.45 bits per heavy atom. The fourth-order valence-electron chi connectivity index (χ4n) is 1.41. The van der Waals surface area contributed by atoms with Crippen LogP contribution >= 0.6 is 0 Å². The maximum atomic E-state index is 11.0. The number of rotatable bonds is 1. The Hall–Kier alpha value is -0.570. The Balaban J connectivity index is 2.51. The van der Waals surface area contributed by atoms with Gasteiger partial charge in [-0.05, 0) is 6.42 Å². The molecule has 0 radical (unpaired) electrons. The SMILES string of the molecule is CC[C@@H]1COCCN1C(C)=O. The molecule has 3 heteroatoms. The van der Waals surface area contributed by atoms with Crippen LogP contribution in [0.5, 0.6) is 0 Å². The summed E-state index contributed by atoms with van der Waals surface area (Å²) in [5, 5.41) is 0. The summed E-state index contributed by atoms with van der Waals surface area (Å²) in [6, 6.07) is 0.307. The summed E-state index contributed by atoms with van der Waals surface area (Å²) in [5.74, 6) is 0.167. The normalized spacial score (nSPS) is 25.3. The second-order valence-electron chi connectivity index (χ2n) is 2.85. The highest BCUT2D eigenvalue weighted by atomic mass is 16.5. The van der Waals surface area contributed by atoms with Gasteiger partial charge in [0.25, 0.3) is 0 Å². The third-order valence-corrected chi connectivity index (χ3v) is 2.10. The number of carbonyl (C=O) groups is 1. The quantitative estimate of drug-likeness (QED) is 0.559. The van der Waals surface area contributed by atoms with Crippen molar-refractivity contribution in [3.8, 4) is 0 Å². The number of carbonyl (C=O) groups excluding carboxylic acids is 1. The van der Waals surface area contributed by atoms with E-state index in [9.17, 15) is 4.79 Å². The fourth-order valence-corrected chi connectivity index (χ4v) is 1.41. The summed E-state index contributed by atoms with van der Waals surface area (Å²) in [5.41, 5.74) is 0. The molecule has 64 valence electrons. The highest BCUT2D eigenvalue weighted by Gasteiger charge is 2.22. The van der Waals surface area contributed by atoms with Crippen LogP contribution in [0.2, 0.25) is 0 Å². The predicted molar refractivity (Wildman–Crippen MR) is 42.3 cm³/mol. The van der Waals surface area contributed by atoms with Crippen LogP contribution in [0.15, 0.2) is 0 Å². The third kappa shape index (κ3) is 1.93. The zero-order valence-corrected chi connectivity index (χ0v) is 7.17. The molecule has 1 atom stereocenters. The average molecular weight is 157 g/mol. The van der Waals surface area contributed by atoms with Gasteiger partial charge in [-0.2, -0.15) is 0 Å². The van der Waals surface area contributed by atoms with Gasteiger partial charge in [0.05, 0.1) is 19.3 Å². The van der Waals surface area contributed by atoms with Crippen LogP contribution in [-0.4, -0.2) is 36.6 Å². The van der Waals surface area contributed by atoms with Gasteiger partial charge >= 0.3 is 0 Å². The van der Waals surface area contributed by atoms with Crippen molar-refractivity contribution in [2.75, 3.05) is 19.8 Å². The maximum absolute atomic E-state index is 11.0. The van der Waals surface area contributed by atoms with E-state index in [1.54, 1.807) is 6.92 Å². The number of nitrogens with zero attached hydrogens (tertiary/aromatic N) is 1. The van der Waals surface area contributed by atoms with Crippen molar-refractivity contribution in [3.05, 3.63) is 0 Å². The van der Waals surface area contributed by atoms with Crippen LogP contribution in [0.3, 0.4) is 0 Å². The maximum Gasteiger partial charge on any atom is 0.219 e. The topological polar surface area (TPSA) is 29.5 Å². The first kappa shape index (κ1) is 8.53. The zero-order chi connectivity index (χ0) is 8.27. The average Bonchev–Trinajstić information content (AvgIpc) is 2.04. The van der Waals surface area contributed by atoms with E-state index in [-0.39, 0.29) is 5.91 Å². The monoisotopic (exact) mass is 157 g/mol. The van der Waals surface area contributed by atoms with Crippen molar-refractivity contribution in [3.63, 3.8) is 0 Å². The Labute approximate surface area is 67.3 Å². The lowest BCUT2D eigenvalue weighted by Crippen LogP contribution is -2.47. The molecule has 1 fully saturated rings. The summed E-state index contributed by atoms with van der Waals surface area (Å²) >= 11 is 0. The molecule has 0 bridgehead atoms.